The lowest BCUT2D eigenvalue weighted by Crippen LogP contribution is -2.17. The highest BCUT2D eigenvalue weighted by molar-refractivity contribution is 9.10. The van der Waals surface area contributed by atoms with E-state index >= 15 is 0 Å². The van der Waals surface area contributed by atoms with Crippen LogP contribution in [0.15, 0.2) is 41.0 Å². The summed E-state index contributed by atoms with van der Waals surface area (Å²) in [4.78, 5) is 12.2. The van der Waals surface area contributed by atoms with E-state index in [0.717, 1.165) is 17.3 Å². The molecular formula is C14H12BrFN2O. The van der Waals surface area contributed by atoms with Crippen molar-refractivity contribution in [3.8, 4) is 0 Å². The Morgan fingerprint density at radius 3 is 2.79 bits per heavy atom. The van der Waals surface area contributed by atoms with Gasteiger partial charge in [0.2, 0.25) is 0 Å². The molecule has 2 aromatic rings. The molecule has 3 nitrogen and oxygen atoms in total. The summed E-state index contributed by atoms with van der Waals surface area (Å²) in [6.07, 6.45) is 4.07. The number of carbonyl (C=O) groups is 1. The molecular weight excluding hydrogens is 311 g/mol. The van der Waals surface area contributed by atoms with E-state index in [2.05, 4.69) is 21.2 Å². The number of aromatic nitrogens is 1. The highest BCUT2D eigenvalue weighted by atomic mass is 79.9. The van der Waals surface area contributed by atoms with Crippen LogP contribution in [-0.4, -0.2) is 10.5 Å². The summed E-state index contributed by atoms with van der Waals surface area (Å²) >= 11 is 3.37. The number of rotatable bonds is 3. The van der Waals surface area contributed by atoms with Crippen molar-refractivity contribution in [1.82, 2.24) is 4.57 Å². The van der Waals surface area contributed by atoms with E-state index in [-0.39, 0.29) is 11.6 Å². The van der Waals surface area contributed by atoms with Crippen LogP contribution in [0.1, 0.15) is 29.4 Å². The standard InChI is InChI=1S/C14H12BrFN2O/c15-9-7-13(18(8-9)10-5-6-10)14(19)17-12-4-2-1-3-11(12)16/h1-4,7-8,10H,5-6H2,(H,17,19). The van der Waals surface area contributed by atoms with Crippen molar-refractivity contribution in [2.24, 2.45) is 0 Å². The van der Waals surface area contributed by atoms with Crippen LogP contribution in [0.2, 0.25) is 0 Å². The number of nitrogens with one attached hydrogen (secondary N) is 1. The molecule has 0 radical (unpaired) electrons. The number of anilines is 1. The first-order chi connectivity index (χ1) is 9.15. The maximum absolute atomic E-state index is 13.5. The number of hydrogen-bond donors (Lipinski definition) is 1. The van der Waals surface area contributed by atoms with Gasteiger partial charge in [-0.2, -0.15) is 0 Å². The number of amides is 1. The Labute approximate surface area is 118 Å². The number of nitrogens with zero attached hydrogens (tertiary/aromatic N) is 1. The van der Waals surface area contributed by atoms with Crippen molar-refractivity contribution in [1.29, 1.82) is 0 Å². The van der Waals surface area contributed by atoms with E-state index in [0.29, 0.717) is 11.7 Å². The lowest BCUT2D eigenvalue weighted by Gasteiger charge is -2.09. The molecule has 1 aromatic carbocycles. The number of benzene rings is 1. The van der Waals surface area contributed by atoms with Gasteiger partial charge in [0.1, 0.15) is 11.5 Å². The number of para-hydroxylation sites is 1. The Hall–Kier alpha value is -1.62. The van der Waals surface area contributed by atoms with Crippen LogP contribution in [0.4, 0.5) is 10.1 Å². The van der Waals surface area contributed by atoms with E-state index in [1.807, 2.05) is 10.8 Å². The van der Waals surface area contributed by atoms with Gasteiger partial charge in [-0.25, -0.2) is 4.39 Å². The molecule has 1 saturated carbocycles. The Morgan fingerprint density at radius 2 is 2.11 bits per heavy atom. The minimum Gasteiger partial charge on any atom is -0.339 e. The third kappa shape index (κ3) is 2.56. The Bertz CT molecular complexity index is 634. The summed E-state index contributed by atoms with van der Waals surface area (Å²) in [6, 6.07) is 8.31. The third-order valence-electron chi connectivity index (χ3n) is 3.11. The van der Waals surface area contributed by atoms with Crippen LogP contribution < -0.4 is 5.32 Å². The highest BCUT2D eigenvalue weighted by Crippen LogP contribution is 2.37. The Balaban J connectivity index is 1.86. The second kappa shape index (κ2) is 4.81. The average molecular weight is 323 g/mol. The summed E-state index contributed by atoms with van der Waals surface area (Å²) in [5, 5.41) is 2.61. The molecule has 0 spiro atoms. The smallest absolute Gasteiger partial charge is 0.272 e. The summed E-state index contributed by atoms with van der Waals surface area (Å²) in [5.41, 5.74) is 0.754. The van der Waals surface area contributed by atoms with Crippen molar-refractivity contribution in [2.75, 3.05) is 5.32 Å². The summed E-state index contributed by atoms with van der Waals surface area (Å²) < 4.78 is 16.3. The molecule has 0 saturated heterocycles. The SMILES string of the molecule is O=C(Nc1ccccc1F)c1cc(Br)cn1C1CC1. The molecule has 0 atom stereocenters. The third-order valence-corrected chi connectivity index (χ3v) is 3.54. The van der Waals surface area contributed by atoms with Gasteiger partial charge >= 0.3 is 0 Å². The number of carbonyl (C=O) groups excluding carboxylic acids is 1. The normalized spacial score (nSPS) is 14.4. The summed E-state index contributed by atoms with van der Waals surface area (Å²) in [7, 11) is 0. The van der Waals surface area contributed by atoms with Crippen LogP contribution in [0.25, 0.3) is 0 Å². The van der Waals surface area contributed by atoms with E-state index in [9.17, 15) is 9.18 Å². The zero-order chi connectivity index (χ0) is 13.4. The zero-order valence-electron chi connectivity index (χ0n) is 10.1. The van der Waals surface area contributed by atoms with Gasteiger partial charge in [-0.3, -0.25) is 4.79 Å². The summed E-state index contributed by atoms with van der Waals surface area (Å²) in [6.45, 7) is 0. The molecule has 1 aliphatic rings. The lowest BCUT2D eigenvalue weighted by molar-refractivity contribution is 0.101. The molecule has 19 heavy (non-hydrogen) atoms. The molecule has 0 bridgehead atoms. The first-order valence-corrected chi connectivity index (χ1v) is 6.87. The van der Waals surface area contributed by atoms with E-state index in [4.69, 9.17) is 0 Å². The van der Waals surface area contributed by atoms with Gasteiger partial charge in [0.05, 0.1) is 5.69 Å². The largest absolute Gasteiger partial charge is 0.339 e. The minimum atomic E-state index is -0.431. The fourth-order valence-corrected chi connectivity index (χ4v) is 2.47. The topological polar surface area (TPSA) is 34.0 Å². The predicted octanol–water partition coefficient (Wildman–Crippen LogP) is 3.98. The monoisotopic (exact) mass is 322 g/mol. The van der Waals surface area contributed by atoms with Crippen LogP contribution in [0.3, 0.4) is 0 Å². The van der Waals surface area contributed by atoms with Gasteiger partial charge in [0.15, 0.2) is 0 Å². The van der Waals surface area contributed by atoms with Crippen LogP contribution in [-0.2, 0) is 0 Å². The number of halogens is 2. The van der Waals surface area contributed by atoms with Crippen LogP contribution >= 0.6 is 15.9 Å². The van der Waals surface area contributed by atoms with Crippen molar-refractivity contribution in [3.05, 3.63) is 52.5 Å². The molecule has 0 unspecified atom stereocenters. The quantitative estimate of drug-likeness (QED) is 0.911. The second-order valence-electron chi connectivity index (χ2n) is 4.62. The average Bonchev–Trinajstić information content (AvgIpc) is 3.15. The predicted molar refractivity (Wildman–Crippen MR) is 74.8 cm³/mol. The Morgan fingerprint density at radius 1 is 1.37 bits per heavy atom. The second-order valence-corrected chi connectivity index (χ2v) is 5.53. The molecule has 1 fully saturated rings. The number of hydrogen-bond acceptors (Lipinski definition) is 1. The molecule has 0 aliphatic heterocycles. The summed E-state index contributed by atoms with van der Waals surface area (Å²) in [5.74, 6) is -0.720. The zero-order valence-corrected chi connectivity index (χ0v) is 11.7. The maximum atomic E-state index is 13.5. The van der Waals surface area contributed by atoms with Gasteiger partial charge in [-0.15, -0.1) is 0 Å². The van der Waals surface area contributed by atoms with Crippen molar-refractivity contribution in [2.45, 2.75) is 18.9 Å². The van der Waals surface area contributed by atoms with Gasteiger partial charge in [-0.1, -0.05) is 12.1 Å². The molecule has 1 amide bonds. The maximum Gasteiger partial charge on any atom is 0.272 e. The van der Waals surface area contributed by atoms with Crippen molar-refractivity contribution < 1.29 is 9.18 Å². The first-order valence-electron chi connectivity index (χ1n) is 6.08. The molecule has 1 aromatic heterocycles. The van der Waals surface area contributed by atoms with Crippen molar-refractivity contribution >= 4 is 27.5 Å². The lowest BCUT2D eigenvalue weighted by atomic mass is 10.3. The highest BCUT2D eigenvalue weighted by Gasteiger charge is 2.27. The molecule has 5 heteroatoms. The van der Waals surface area contributed by atoms with Gasteiger partial charge in [-0.05, 0) is 47.0 Å². The van der Waals surface area contributed by atoms with Crippen LogP contribution in [0, 0.1) is 5.82 Å². The molecule has 1 aliphatic carbocycles. The minimum absolute atomic E-state index is 0.201. The fourth-order valence-electron chi connectivity index (χ4n) is 2.03. The van der Waals surface area contributed by atoms with Gasteiger partial charge < -0.3 is 9.88 Å². The van der Waals surface area contributed by atoms with Crippen LogP contribution in [0.5, 0.6) is 0 Å². The molecule has 1 N–H and O–H groups in total. The van der Waals surface area contributed by atoms with Gasteiger partial charge in [0, 0.05) is 16.7 Å². The first kappa shape index (κ1) is 12.4. The van der Waals surface area contributed by atoms with E-state index in [1.54, 1.807) is 24.3 Å². The van der Waals surface area contributed by atoms with E-state index in [1.165, 1.54) is 6.07 Å². The molecule has 3 rings (SSSR count). The van der Waals surface area contributed by atoms with Gasteiger partial charge in [0.25, 0.3) is 5.91 Å². The Kier molecular flexibility index (Phi) is 3.14. The van der Waals surface area contributed by atoms with E-state index < -0.39 is 5.82 Å². The molecule has 98 valence electrons. The van der Waals surface area contributed by atoms with Crippen molar-refractivity contribution in [3.63, 3.8) is 0 Å². The molecule has 1 heterocycles. The fraction of sp³-hybridized carbons (Fsp3) is 0.214.